The summed E-state index contributed by atoms with van der Waals surface area (Å²) in [6.07, 6.45) is -6.04. The maximum atomic E-state index is 13.8. The molecular weight excluding hydrogens is 309 g/mol. The molecule has 1 aliphatic heterocycles. The average Bonchev–Trinajstić information content (AvgIpc) is 2.42. The second-order valence-electron chi connectivity index (χ2n) is 5.74. The molecule has 1 N–H and O–H groups in total. The molecular formula is C16H17F3N2O2. The molecule has 0 saturated heterocycles. The highest BCUT2D eigenvalue weighted by molar-refractivity contribution is 5.90. The number of fused-ring (bicyclic) bond motifs is 1. The summed E-state index contributed by atoms with van der Waals surface area (Å²) in [4.78, 5) is 13.3. The summed E-state index contributed by atoms with van der Waals surface area (Å²) in [6, 6.07) is 4.36. The van der Waals surface area contributed by atoms with Gasteiger partial charge in [-0.3, -0.25) is 5.32 Å². The van der Waals surface area contributed by atoms with Crippen molar-refractivity contribution >= 4 is 17.5 Å². The van der Waals surface area contributed by atoms with E-state index in [0.717, 1.165) is 0 Å². The van der Waals surface area contributed by atoms with Gasteiger partial charge in [0, 0.05) is 31.3 Å². The van der Waals surface area contributed by atoms with Gasteiger partial charge in [0.25, 0.3) is 5.60 Å². The molecule has 4 nitrogen and oxygen atoms in total. The Morgan fingerprint density at radius 2 is 1.96 bits per heavy atom. The lowest BCUT2D eigenvalue weighted by molar-refractivity contribution is -0.239. The Labute approximate surface area is 132 Å². The predicted molar refractivity (Wildman–Crippen MR) is 81.2 cm³/mol. The number of carbonyl (C=O) groups excluding carboxylic acids is 1. The summed E-state index contributed by atoms with van der Waals surface area (Å²) in [5, 5.41) is 2.29. The first-order valence-corrected chi connectivity index (χ1v) is 6.98. The van der Waals surface area contributed by atoms with Gasteiger partial charge in [0.15, 0.2) is 0 Å². The van der Waals surface area contributed by atoms with Gasteiger partial charge in [-0.15, -0.1) is 0 Å². The highest BCUT2D eigenvalue weighted by Gasteiger charge is 2.62. The van der Waals surface area contributed by atoms with Crippen molar-refractivity contribution in [2.24, 2.45) is 5.92 Å². The monoisotopic (exact) mass is 326 g/mol. The van der Waals surface area contributed by atoms with Crippen LogP contribution in [0.3, 0.4) is 0 Å². The molecule has 1 aromatic carbocycles. The molecule has 23 heavy (non-hydrogen) atoms. The number of carbonyl (C=O) groups is 1. The molecule has 1 aromatic rings. The molecule has 0 bridgehead atoms. The molecule has 1 atom stereocenters. The van der Waals surface area contributed by atoms with Crippen molar-refractivity contribution in [3.8, 4) is 11.8 Å². The number of nitrogens with zero attached hydrogens (tertiary/aromatic N) is 1. The van der Waals surface area contributed by atoms with Crippen molar-refractivity contribution in [3.05, 3.63) is 23.8 Å². The Balaban J connectivity index is 2.76. The first kappa shape index (κ1) is 17.0. The van der Waals surface area contributed by atoms with E-state index in [4.69, 9.17) is 0 Å². The van der Waals surface area contributed by atoms with Crippen LogP contribution >= 0.6 is 0 Å². The number of nitrogens with one attached hydrogen (secondary N) is 1. The second-order valence-corrected chi connectivity index (χ2v) is 5.74. The topological polar surface area (TPSA) is 41.6 Å². The minimum absolute atomic E-state index is 0.0437. The van der Waals surface area contributed by atoms with E-state index in [1.807, 2.05) is 0 Å². The van der Waals surface area contributed by atoms with Crippen LogP contribution in [-0.2, 0) is 10.3 Å². The zero-order chi connectivity index (χ0) is 17.4. The zero-order valence-electron chi connectivity index (χ0n) is 13.2. The van der Waals surface area contributed by atoms with Crippen LogP contribution in [0.15, 0.2) is 18.2 Å². The molecule has 0 aromatic heterocycles. The van der Waals surface area contributed by atoms with Crippen LogP contribution in [0.4, 0.5) is 29.3 Å². The fraction of sp³-hybridized carbons (Fsp3) is 0.438. The number of amides is 1. The van der Waals surface area contributed by atoms with Crippen molar-refractivity contribution < 1.29 is 22.7 Å². The fourth-order valence-corrected chi connectivity index (χ4v) is 2.16. The van der Waals surface area contributed by atoms with E-state index in [-0.39, 0.29) is 17.2 Å². The minimum atomic E-state index is -4.87. The van der Waals surface area contributed by atoms with Gasteiger partial charge in [0.2, 0.25) is 0 Å². The van der Waals surface area contributed by atoms with Crippen LogP contribution in [0.1, 0.15) is 19.4 Å². The fourth-order valence-electron chi connectivity index (χ4n) is 2.16. The highest BCUT2D eigenvalue weighted by Crippen LogP contribution is 2.48. The molecule has 1 heterocycles. The number of alkyl halides is 3. The summed E-state index contributed by atoms with van der Waals surface area (Å²) in [6.45, 7) is 3.33. The molecule has 1 unspecified atom stereocenters. The largest absolute Gasteiger partial charge is 0.445 e. The normalized spacial score (nSPS) is 20.1. The third-order valence-electron chi connectivity index (χ3n) is 3.32. The van der Waals surface area contributed by atoms with E-state index in [1.165, 1.54) is 12.1 Å². The van der Waals surface area contributed by atoms with Crippen molar-refractivity contribution in [1.29, 1.82) is 0 Å². The summed E-state index contributed by atoms with van der Waals surface area (Å²) < 4.78 is 46.1. The van der Waals surface area contributed by atoms with E-state index < -0.39 is 17.9 Å². The van der Waals surface area contributed by atoms with Gasteiger partial charge in [-0.25, -0.2) is 4.79 Å². The van der Waals surface area contributed by atoms with Gasteiger partial charge in [-0.2, -0.15) is 13.2 Å². The molecule has 0 spiro atoms. The van der Waals surface area contributed by atoms with Gasteiger partial charge < -0.3 is 9.64 Å². The third kappa shape index (κ3) is 3.07. The summed E-state index contributed by atoms with van der Waals surface area (Å²) in [7, 11) is 3.41. The van der Waals surface area contributed by atoms with Crippen molar-refractivity contribution in [1.82, 2.24) is 0 Å². The number of ether oxygens (including phenoxy) is 1. The van der Waals surface area contributed by atoms with E-state index >= 15 is 0 Å². The predicted octanol–water partition coefficient (Wildman–Crippen LogP) is 3.73. The van der Waals surface area contributed by atoms with Crippen LogP contribution < -0.4 is 10.2 Å². The lowest BCUT2D eigenvalue weighted by atomic mass is 9.89. The molecule has 0 fully saturated rings. The minimum Gasteiger partial charge on any atom is -0.415 e. The van der Waals surface area contributed by atoms with Gasteiger partial charge in [0.1, 0.15) is 0 Å². The van der Waals surface area contributed by atoms with Gasteiger partial charge >= 0.3 is 12.3 Å². The maximum Gasteiger partial charge on any atom is 0.445 e. The summed E-state index contributed by atoms with van der Waals surface area (Å²) >= 11 is 0. The van der Waals surface area contributed by atoms with Crippen molar-refractivity contribution in [2.45, 2.75) is 25.6 Å². The van der Waals surface area contributed by atoms with Crippen LogP contribution in [0.25, 0.3) is 0 Å². The molecule has 2 rings (SSSR count). The number of benzene rings is 1. The Morgan fingerprint density at radius 3 is 2.48 bits per heavy atom. The molecule has 0 radical (unpaired) electrons. The van der Waals surface area contributed by atoms with Crippen LogP contribution in [0, 0.1) is 17.8 Å². The molecule has 7 heteroatoms. The molecule has 124 valence electrons. The van der Waals surface area contributed by atoms with Gasteiger partial charge in [-0.05, 0) is 24.1 Å². The van der Waals surface area contributed by atoms with Gasteiger partial charge in [0.05, 0.1) is 5.69 Å². The lowest BCUT2D eigenvalue weighted by Crippen LogP contribution is -2.49. The number of rotatable bonds is 1. The average molecular weight is 326 g/mol. The highest BCUT2D eigenvalue weighted by atomic mass is 19.4. The number of cyclic esters (lactones) is 1. The quantitative estimate of drug-likeness (QED) is 0.800. The first-order chi connectivity index (χ1) is 10.6. The summed E-state index contributed by atoms with van der Waals surface area (Å²) in [5.41, 5.74) is -2.60. The van der Waals surface area contributed by atoms with E-state index in [2.05, 4.69) is 21.9 Å². The van der Waals surface area contributed by atoms with Crippen LogP contribution in [0.2, 0.25) is 0 Å². The van der Waals surface area contributed by atoms with E-state index in [1.54, 1.807) is 38.9 Å². The Kier molecular flexibility index (Phi) is 4.20. The molecule has 1 amide bonds. The molecule has 0 aliphatic carbocycles. The van der Waals surface area contributed by atoms with Crippen LogP contribution in [-0.4, -0.2) is 26.4 Å². The van der Waals surface area contributed by atoms with E-state index in [0.29, 0.717) is 5.69 Å². The zero-order valence-corrected chi connectivity index (χ0v) is 13.2. The summed E-state index contributed by atoms with van der Waals surface area (Å²) in [5.74, 6) is 4.33. The van der Waals surface area contributed by atoms with Gasteiger partial charge in [-0.1, -0.05) is 19.8 Å². The Morgan fingerprint density at radius 1 is 1.30 bits per heavy atom. The number of anilines is 2. The SMILES string of the molecule is CC(C)C#CC1(C(F)(F)F)OC(=O)Nc2ccc(N(C)C)cc21. The Bertz CT molecular complexity index is 687. The standard InChI is InChI=1S/C16H17F3N2O2/c1-10(2)7-8-15(16(17,18)19)12-9-11(21(3)4)5-6-13(12)20-14(22)23-15/h5-6,9-10H,1-4H3,(H,20,22). The molecule has 0 saturated carbocycles. The Hall–Kier alpha value is -2.36. The van der Waals surface area contributed by atoms with Crippen LogP contribution in [0.5, 0.6) is 0 Å². The third-order valence-corrected chi connectivity index (χ3v) is 3.32. The second kappa shape index (κ2) is 5.69. The first-order valence-electron chi connectivity index (χ1n) is 6.98. The lowest BCUT2D eigenvalue weighted by Gasteiger charge is -2.36. The van der Waals surface area contributed by atoms with Crippen molar-refractivity contribution in [3.63, 3.8) is 0 Å². The molecule has 1 aliphatic rings. The number of hydrogen-bond donors (Lipinski definition) is 1. The maximum absolute atomic E-state index is 13.8. The number of hydrogen-bond acceptors (Lipinski definition) is 3. The van der Waals surface area contributed by atoms with E-state index in [9.17, 15) is 18.0 Å². The smallest absolute Gasteiger partial charge is 0.415 e. The van der Waals surface area contributed by atoms with Crippen molar-refractivity contribution in [2.75, 3.05) is 24.3 Å². The number of halogens is 3.